The number of rotatable bonds is 7. The summed E-state index contributed by atoms with van der Waals surface area (Å²) in [4.78, 5) is 19.3. The molecule has 1 saturated heterocycles. The fourth-order valence-electron chi connectivity index (χ4n) is 3.33. The van der Waals surface area contributed by atoms with Gasteiger partial charge in [0.05, 0.1) is 12.7 Å². The van der Waals surface area contributed by atoms with Crippen LogP contribution in [0.5, 0.6) is 0 Å². The highest BCUT2D eigenvalue weighted by Crippen LogP contribution is 2.26. The number of aryl methyl sites for hydroxylation is 1. The Morgan fingerprint density at radius 2 is 2.22 bits per heavy atom. The highest BCUT2D eigenvalue weighted by Gasteiger charge is 2.23. The van der Waals surface area contributed by atoms with Crippen LogP contribution in [0.25, 0.3) is 11.1 Å². The molecule has 1 aromatic carbocycles. The van der Waals surface area contributed by atoms with E-state index >= 15 is 0 Å². The molecule has 27 heavy (non-hydrogen) atoms. The average molecular weight is 369 g/mol. The van der Waals surface area contributed by atoms with E-state index in [0.29, 0.717) is 31.1 Å². The summed E-state index contributed by atoms with van der Waals surface area (Å²) < 4.78 is 10.9. The van der Waals surface area contributed by atoms with Gasteiger partial charge in [0, 0.05) is 43.6 Å². The first-order chi connectivity index (χ1) is 13.1. The van der Waals surface area contributed by atoms with Crippen LogP contribution in [0.4, 0.5) is 5.82 Å². The Morgan fingerprint density at radius 1 is 1.37 bits per heavy atom. The van der Waals surface area contributed by atoms with Crippen molar-refractivity contribution >= 4 is 11.7 Å². The van der Waals surface area contributed by atoms with E-state index in [2.05, 4.69) is 4.98 Å². The van der Waals surface area contributed by atoms with Crippen LogP contribution < -0.4 is 5.73 Å². The SMILES string of the molecule is COCCN(CC1CCCO1)C(=O)c1cccc(-c2ccc(C)nc2N)c1. The lowest BCUT2D eigenvalue weighted by atomic mass is 10.0. The molecule has 2 aromatic rings. The van der Waals surface area contributed by atoms with Crippen LogP contribution in [0, 0.1) is 6.92 Å². The molecule has 1 amide bonds. The molecule has 1 aromatic heterocycles. The Labute approximate surface area is 160 Å². The van der Waals surface area contributed by atoms with Crippen molar-refractivity contribution in [3.05, 3.63) is 47.7 Å². The number of nitrogens with zero attached hydrogens (tertiary/aromatic N) is 2. The molecule has 1 aliphatic heterocycles. The molecule has 6 heteroatoms. The number of carbonyl (C=O) groups is 1. The molecular formula is C21H27N3O3. The van der Waals surface area contributed by atoms with Crippen molar-refractivity contribution in [1.82, 2.24) is 9.88 Å². The van der Waals surface area contributed by atoms with Crippen LogP contribution in [-0.4, -0.2) is 55.3 Å². The zero-order chi connectivity index (χ0) is 19.2. The number of aromatic nitrogens is 1. The number of benzene rings is 1. The Hall–Kier alpha value is -2.44. The second kappa shape index (κ2) is 8.97. The van der Waals surface area contributed by atoms with Gasteiger partial charge in [-0.3, -0.25) is 4.79 Å². The number of hydrogen-bond acceptors (Lipinski definition) is 5. The molecule has 1 unspecified atom stereocenters. The number of carbonyl (C=O) groups excluding carboxylic acids is 1. The number of pyridine rings is 1. The summed E-state index contributed by atoms with van der Waals surface area (Å²) in [5.41, 5.74) is 9.28. The van der Waals surface area contributed by atoms with Gasteiger partial charge in [0.2, 0.25) is 0 Å². The summed E-state index contributed by atoms with van der Waals surface area (Å²) in [7, 11) is 1.64. The number of methoxy groups -OCH3 is 1. The molecule has 1 atom stereocenters. The van der Waals surface area contributed by atoms with E-state index < -0.39 is 0 Å². The molecule has 0 bridgehead atoms. The summed E-state index contributed by atoms with van der Waals surface area (Å²) in [6.07, 6.45) is 2.14. The van der Waals surface area contributed by atoms with Gasteiger partial charge in [-0.25, -0.2) is 4.98 Å². The maximum Gasteiger partial charge on any atom is 0.254 e. The first-order valence-corrected chi connectivity index (χ1v) is 9.32. The molecule has 6 nitrogen and oxygen atoms in total. The first kappa shape index (κ1) is 19.3. The molecule has 0 radical (unpaired) electrons. The van der Waals surface area contributed by atoms with Crippen LogP contribution >= 0.6 is 0 Å². The van der Waals surface area contributed by atoms with Gasteiger partial charge in [0.25, 0.3) is 5.91 Å². The van der Waals surface area contributed by atoms with Gasteiger partial charge < -0.3 is 20.1 Å². The molecule has 144 valence electrons. The summed E-state index contributed by atoms with van der Waals surface area (Å²) in [6, 6.07) is 11.4. The monoisotopic (exact) mass is 369 g/mol. The van der Waals surface area contributed by atoms with Gasteiger partial charge in [-0.05, 0) is 49.6 Å². The number of nitrogen functional groups attached to an aromatic ring is 1. The third-order valence-corrected chi connectivity index (χ3v) is 4.79. The van der Waals surface area contributed by atoms with E-state index in [9.17, 15) is 4.79 Å². The number of anilines is 1. The third-order valence-electron chi connectivity index (χ3n) is 4.79. The number of amides is 1. The van der Waals surface area contributed by atoms with E-state index in [-0.39, 0.29) is 12.0 Å². The minimum Gasteiger partial charge on any atom is -0.383 e. The molecule has 3 rings (SSSR count). The molecule has 0 spiro atoms. The van der Waals surface area contributed by atoms with Crippen molar-refractivity contribution in [2.45, 2.75) is 25.9 Å². The predicted molar refractivity (Wildman–Crippen MR) is 106 cm³/mol. The molecule has 2 N–H and O–H groups in total. The van der Waals surface area contributed by atoms with E-state index in [1.54, 1.807) is 7.11 Å². The van der Waals surface area contributed by atoms with E-state index in [4.69, 9.17) is 15.2 Å². The quantitative estimate of drug-likeness (QED) is 0.812. The van der Waals surface area contributed by atoms with Gasteiger partial charge in [0.1, 0.15) is 5.82 Å². The van der Waals surface area contributed by atoms with Crippen LogP contribution in [0.1, 0.15) is 28.9 Å². The van der Waals surface area contributed by atoms with Crippen LogP contribution in [0.15, 0.2) is 36.4 Å². The predicted octanol–water partition coefficient (Wildman–Crippen LogP) is 2.91. The second-order valence-electron chi connectivity index (χ2n) is 6.85. The van der Waals surface area contributed by atoms with Gasteiger partial charge in [0.15, 0.2) is 0 Å². The smallest absolute Gasteiger partial charge is 0.254 e. The minimum atomic E-state index is -0.0250. The van der Waals surface area contributed by atoms with Gasteiger partial charge in [-0.2, -0.15) is 0 Å². The van der Waals surface area contributed by atoms with Crippen LogP contribution in [-0.2, 0) is 9.47 Å². The maximum atomic E-state index is 13.1. The van der Waals surface area contributed by atoms with Gasteiger partial charge >= 0.3 is 0 Å². The number of hydrogen-bond donors (Lipinski definition) is 1. The summed E-state index contributed by atoms with van der Waals surface area (Å²) >= 11 is 0. The maximum absolute atomic E-state index is 13.1. The lowest BCUT2D eigenvalue weighted by Gasteiger charge is -2.25. The van der Waals surface area contributed by atoms with Crippen molar-refractivity contribution in [1.29, 1.82) is 0 Å². The van der Waals surface area contributed by atoms with Crippen LogP contribution in [0.2, 0.25) is 0 Å². The van der Waals surface area contributed by atoms with Gasteiger partial charge in [-0.1, -0.05) is 12.1 Å². The summed E-state index contributed by atoms with van der Waals surface area (Å²) in [5, 5.41) is 0. The largest absolute Gasteiger partial charge is 0.383 e. The Balaban J connectivity index is 1.83. The fraction of sp³-hybridized carbons (Fsp3) is 0.429. The van der Waals surface area contributed by atoms with Crippen molar-refractivity contribution in [3.63, 3.8) is 0 Å². The minimum absolute atomic E-state index is 0.0250. The number of ether oxygens (including phenoxy) is 2. The normalized spacial score (nSPS) is 16.4. The molecular weight excluding hydrogens is 342 g/mol. The highest BCUT2D eigenvalue weighted by molar-refractivity contribution is 5.96. The summed E-state index contributed by atoms with van der Waals surface area (Å²) in [6.45, 7) is 4.28. The third kappa shape index (κ3) is 4.84. The van der Waals surface area contributed by atoms with Crippen molar-refractivity contribution < 1.29 is 14.3 Å². The molecule has 1 aliphatic rings. The lowest BCUT2D eigenvalue weighted by molar-refractivity contribution is 0.0456. The van der Waals surface area contributed by atoms with Crippen LogP contribution in [0.3, 0.4) is 0 Å². The first-order valence-electron chi connectivity index (χ1n) is 9.32. The average Bonchev–Trinajstić information content (AvgIpc) is 3.18. The zero-order valence-corrected chi connectivity index (χ0v) is 16.0. The van der Waals surface area contributed by atoms with E-state index in [1.165, 1.54) is 0 Å². The van der Waals surface area contributed by atoms with E-state index in [0.717, 1.165) is 36.3 Å². The molecule has 0 aliphatic carbocycles. The lowest BCUT2D eigenvalue weighted by Crippen LogP contribution is -2.39. The van der Waals surface area contributed by atoms with E-state index in [1.807, 2.05) is 48.2 Å². The van der Waals surface area contributed by atoms with Gasteiger partial charge in [-0.15, -0.1) is 0 Å². The topological polar surface area (TPSA) is 77.7 Å². The highest BCUT2D eigenvalue weighted by atomic mass is 16.5. The second-order valence-corrected chi connectivity index (χ2v) is 6.85. The molecule has 2 heterocycles. The van der Waals surface area contributed by atoms with Crippen molar-refractivity contribution in [2.24, 2.45) is 0 Å². The fourth-order valence-corrected chi connectivity index (χ4v) is 3.33. The zero-order valence-electron chi connectivity index (χ0n) is 16.0. The molecule has 0 saturated carbocycles. The Bertz CT molecular complexity index is 788. The standard InChI is InChI=1S/C21H27N3O3/c1-15-8-9-19(20(22)23-15)16-5-3-6-17(13-16)21(25)24(10-12-26-2)14-18-7-4-11-27-18/h3,5-6,8-9,13,18H,4,7,10-12,14H2,1-2H3,(H2,22,23). The number of nitrogens with two attached hydrogens (primary N) is 1. The van der Waals surface area contributed by atoms with Crippen molar-refractivity contribution in [3.8, 4) is 11.1 Å². The summed E-state index contributed by atoms with van der Waals surface area (Å²) in [5.74, 6) is 0.443. The Morgan fingerprint density at radius 3 is 2.93 bits per heavy atom. The Kier molecular flexibility index (Phi) is 6.42. The van der Waals surface area contributed by atoms with Crippen molar-refractivity contribution in [2.75, 3.05) is 39.1 Å². The molecule has 1 fully saturated rings.